The Morgan fingerprint density at radius 3 is 2.69 bits per heavy atom. The number of halogens is 3. The molecule has 2 unspecified atom stereocenters. The predicted octanol–water partition coefficient (Wildman–Crippen LogP) is 3.48. The summed E-state index contributed by atoms with van der Waals surface area (Å²) in [4.78, 5) is 0. The summed E-state index contributed by atoms with van der Waals surface area (Å²) < 4.78 is 39.0. The molecule has 2 atom stereocenters. The first kappa shape index (κ1) is 8.60. The minimum absolute atomic E-state index is 0.0138. The maximum Gasteiger partial charge on any atom is 0.165 e. The highest BCUT2D eigenvalue weighted by atomic mass is 19.2. The van der Waals surface area contributed by atoms with Crippen molar-refractivity contribution in [3.05, 3.63) is 34.9 Å². The zero-order valence-corrected chi connectivity index (χ0v) is 7.15. The van der Waals surface area contributed by atoms with Crippen LogP contribution in [-0.2, 0) is 0 Å². The van der Waals surface area contributed by atoms with E-state index >= 15 is 0 Å². The van der Waals surface area contributed by atoms with E-state index in [9.17, 15) is 13.2 Å². The van der Waals surface area contributed by atoms with Gasteiger partial charge in [-0.15, -0.1) is 0 Å². The molecule has 0 fully saturated rings. The molecule has 0 aliphatic heterocycles. The van der Waals surface area contributed by atoms with E-state index < -0.39 is 17.8 Å². The van der Waals surface area contributed by atoms with Crippen molar-refractivity contribution in [3.63, 3.8) is 0 Å². The topological polar surface area (TPSA) is 0 Å². The molecule has 1 aromatic rings. The Labute approximate surface area is 74.4 Å². The molecule has 13 heavy (non-hydrogen) atoms. The lowest BCUT2D eigenvalue weighted by molar-refractivity contribution is 0.321. The number of hydrogen-bond donors (Lipinski definition) is 0. The molecule has 0 radical (unpaired) electrons. The van der Waals surface area contributed by atoms with Gasteiger partial charge in [0.05, 0.1) is 0 Å². The quantitative estimate of drug-likeness (QED) is 0.581. The minimum Gasteiger partial charge on any atom is -0.242 e. The van der Waals surface area contributed by atoms with Gasteiger partial charge in [0.15, 0.2) is 11.6 Å². The van der Waals surface area contributed by atoms with Crippen LogP contribution < -0.4 is 0 Å². The van der Waals surface area contributed by atoms with Crippen LogP contribution in [-0.4, -0.2) is 0 Å². The first-order valence-electron chi connectivity index (χ1n) is 4.23. The van der Waals surface area contributed by atoms with Gasteiger partial charge in [-0.05, 0) is 24.0 Å². The zero-order valence-electron chi connectivity index (χ0n) is 7.15. The Bertz CT molecular complexity index is 346. The molecule has 0 saturated carbocycles. The molecule has 0 bridgehead atoms. The second kappa shape index (κ2) is 2.76. The number of hydrogen-bond acceptors (Lipinski definition) is 0. The summed E-state index contributed by atoms with van der Waals surface area (Å²) in [5, 5.41) is 0. The molecule has 0 heterocycles. The SMILES string of the molecule is CC1CC(F)c2c1ccc(F)c2F. The summed E-state index contributed by atoms with van der Waals surface area (Å²) in [6.45, 7) is 1.82. The fourth-order valence-electron chi connectivity index (χ4n) is 1.88. The fraction of sp³-hybridized carbons (Fsp3) is 0.400. The molecule has 0 saturated heterocycles. The van der Waals surface area contributed by atoms with Crippen molar-refractivity contribution in [2.75, 3.05) is 0 Å². The van der Waals surface area contributed by atoms with Crippen molar-refractivity contribution < 1.29 is 13.2 Å². The lowest BCUT2D eigenvalue weighted by atomic mass is 10.0. The van der Waals surface area contributed by atoms with Crippen molar-refractivity contribution in [1.82, 2.24) is 0 Å². The molecule has 3 heteroatoms. The maximum atomic E-state index is 13.2. The van der Waals surface area contributed by atoms with E-state index in [2.05, 4.69) is 0 Å². The van der Waals surface area contributed by atoms with Crippen LogP contribution in [0.15, 0.2) is 12.1 Å². The lowest BCUT2D eigenvalue weighted by Crippen LogP contribution is -1.95. The molecule has 1 aliphatic rings. The molecule has 2 rings (SSSR count). The van der Waals surface area contributed by atoms with E-state index in [1.54, 1.807) is 0 Å². The summed E-state index contributed by atoms with van der Waals surface area (Å²) in [5.41, 5.74) is 0.527. The van der Waals surface area contributed by atoms with E-state index in [0.717, 1.165) is 6.07 Å². The molecular formula is C10H9F3. The predicted molar refractivity (Wildman–Crippen MR) is 43.2 cm³/mol. The Morgan fingerprint density at radius 2 is 2.00 bits per heavy atom. The van der Waals surface area contributed by atoms with Crippen LogP contribution in [0.1, 0.15) is 36.6 Å². The Kier molecular flexibility index (Phi) is 1.82. The van der Waals surface area contributed by atoms with Crippen LogP contribution in [0.2, 0.25) is 0 Å². The smallest absolute Gasteiger partial charge is 0.165 e. The van der Waals surface area contributed by atoms with Crippen LogP contribution >= 0.6 is 0 Å². The van der Waals surface area contributed by atoms with E-state index in [-0.39, 0.29) is 17.9 Å². The van der Waals surface area contributed by atoms with Gasteiger partial charge in [0.25, 0.3) is 0 Å². The summed E-state index contributed by atoms with van der Waals surface area (Å²) in [6, 6.07) is 2.53. The Morgan fingerprint density at radius 1 is 1.31 bits per heavy atom. The van der Waals surface area contributed by atoms with Crippen molar-refractivity contribution in [3.8, 4) is 0 Å². The van der Waals surface area contributed by atoms with E-state index in [1.165, 1.54) is 6.07 Å². The van der Waals surface area contributed by atoms with Crippen molar-refractivity contribution in [1.29, 1.82) is 0 Å². The van der Waals surface area contributed by atoms with Gasteiger partial charge >= 0.3 is 0 Å². The molecular weight excluding hydrogens is 177 g/mol. The molecule has 0 N–H and O–H groups in total. The summed E-state index contributed by atoms with van der Waals surface area (Å²) in [6.07, 6.45) is -1.09. The minimum atomic E-state index is -1.35. The number of fused-ring (bicyclic) bond motifs is 1. The van der Waals surface area contributed by atoms with Crippen molar-refractivity contribution in [2.24, 2.45) is 0 Å². The normalized spacial score (nSPS) is 26.2. The summed E-state index contributed by atoms with van der Waals surface area (Å²) in [5.74, 6) is -2.00. The molecule has 70 valence electrons. The lowest BCUT2D eigenvalue weighted by Gasteiger charge is -2.04. The first-order chi connectivity index (χ1) is 6.11. The van der Waals surface area contributed by atoms with Gasteiger partial charge in [0.1, 0.15) is 6.17 Å². The summed E-state index contributed by atoms with van der Waals surface area (Å²) >= 11 is 0. The molecule has 0 aromatic heterocycles. The molecule has 1 aromatic carbocycles. The first-order valence-corrected chi connectivity index (χ1v) is 4.23. The average molecular weight is 186 g/mol. The molecule has 0 spiro atoms. The number of alkyl halides is 1. The maximum absolute atomic E-state index is 13.2. The number of rotatable bonds is 0. The summed E-state index contributed by atoms with van der Waals surface area (Å²) in [7, 11) is 0. The molecule has 0 nitrogen and oxygen atoms in total. The Hall–Kier alpha value is -0.990. The average Bonchev–Trinajstić information content (AvgIpc) is 2.35. The van der Waals surface area contributed by atoms with Crippen molar-refractivity contribution in [2.45, 2.75) is 25.4 Å². The third kappa shape index (κ3) is 1.14. The Balaban J connectivity index is 2.64. The van der Waals surface area contributed by atoms with Crippen LogP contribution in [0.4, 0.5) is 13.2 Å². The highest BCUT2D eigenvalue weighted by Crippen LogP contribution is 2.43. The van der Waals surface area contributed by atoms with Crippen LogP contribution in [0.25, 0.3) is 0 Å². The van der Waals surface area contributed by atoms with Gasteiger partial charge < -0.3 is 0 Å². The van der Waals surface area contributed by atoms with Gasteiger partial charge in [-0.1, -0.05) is 13.0 Å². The third-order valence-corrected chi connectivity index (χ3v) is 2.57. The zero-order chi connectivity index (χ0) is 9.59. The molecule has 1 aliphatic carbocycles. The second-order valence-electron chi connectivity index (χ2n) is 3.47. The van der Waals surface area contributed by atoms with Gasteiger partial charge in [-0.3, -0.25) is 0 Å². The van der Waals surface area contributed by atoms with Crippen molar-refractivity contribution >= 4 is 0 Å². The van der Waals surface area contributed by atoms with Gasteiger partial charge in [-0.25, -0.2) is 13.2 Å². The monoisotopic (exact) mass is 186 g/mol. The van der Waals surface area contributed by atoms with Gasteiger partial charge in [-0.2, -0.15) is 0 Å². The van der Waals surface area contributed by atoms with E-state index in [4.69, 9.17) is 0 Å². The van der Waals surface area contributed by atoms with E-state index in [0.29, 0.717) is 5.56 Å². The molecule has 0 amide bonds. The van der Waals surface area contributed by atoms with E-state index in [1.807, 2.05) is 6.92 Å². The van der Waals surface area contributed by atoms with Gasteiger partial charge in [0.2, 0.25) is 0 Å². The highest BCUT2D eigenvalue weighted by Gasteiger charge is 2.32. The van der Waals surface area contributed by atoms with Crippen LogP contribution in [0.3, 0.4) is 0 Å². The van der Waals surface area contributed by atoms with Gasteiger partial charge in [0, 0.05) is 5.56 Å². The van der Waals surface area contributed by atoms with Crippen LogP contribution in [0, 0.1) is 11.6 Å². The second-order valence-corrected chi connectivity index (χ2v) is 3.47. The van der Waals surface area contributed by atoms with Crippen LogP contribution in [0.5, 0.6) is 0 Å². The fourth-order valence-corrected chi connectivity index (χ4v) is 1.88. The largest absolute Gasteiger partial charge is 0.242 e. The highest BCUT2D eigenvalue weighted by molar-refractivity contribution is 5.38. The standard InChI is InChI=1S/C10H9F3/c1-5-4-8(12)9-6(5)2-3-7(11)10(9)13/h2-3,5,8H,4H2,1H3. The third-order valence-electron chi connectivity index (χ3n) is 2.57. The number of benzene rings is 1.